The van der Waals surface area contributed by atoms with Crippen LogP contribution in [-0.2, 0) is 9.47 Å². The monoisotopic (exact) mass is 551 g/mol. The second kappa shape index (κ2) is 20.0. The summed E-state index contributed by atoms with van der Waals surface area (Å²) in [6.07, 6.45) is 24.3. The molecule has 0 spiro atoms. The van der Waals surface area contributed by atoms with Crippen molar-refractivity contribution in [2.75, 3.05) is 19.8 Å². The Morgan fingerprint density at radius 1 is 0.725 bits per heavy atom. The van der Waals surface area contributed by atoms with Crippen LogP contribution >= 0.6 is 0 Å². The molecule has 1 aliphatic heterocycles. The standard InChI is InChI=1S/C36H57NO3/c1-4-6-8-10-12-13-14-15-16-18-20-31-28-39-36(40-29-31)33-21-23-34(37-27-33)32-22-24-35(30(3)26-32)38-25-19-17-11-9-7-5-2/h21-24,26-27,31,36H,4-20,25,28-29H2,1-3H3/t31-,36-. The summed E-state index contributed by atoms with van der Waals surface area (Å²) in [6.45, 7) is 9.01. The number of ether oxygens (including phenoxy) is 3. The molecule has 4 heteroatoms. The van der Waals surface area contributed by atoms with Crippen molar-refractivity contribution in [1.29, 1.82) is 0 Å². The largest absolute Gasteiger partial charge is 0.493 e. The fraction of sp³-hybridized carbons (Fsp3) is 0.694. The lowest BCUT2D eigenvalue weighted by atomic mass is 10.0. The van der Waals surface area contributed by atoms with Crippen molar-refractivity contribution < 1.29 is 14.2 Å². The fourth-order valence-corrected chi connectivity index (χ4v) is 5.57. The highest BCUT2D eigenvalue weighted by Crippen LogP contribution is 2.30. The maximum Gasteiger partial charge on any atom is 0.185 e. The molecule has 0 aliphatic carbocycles. The highest BCUT2D eigenvalue weighted by molar-refractivity contribution is 5.62. The van der Waals surface area contributed by atoms with Gasteiger partial charge in [-0.25, -0.2) is 0 Å². The van der Waals surface area contributed by atoms with Crippen molar-refractivity contribution >= 4 is 0 Å². The van der Waals surface area contributed by atoms with Gasteiger partial charge in [-0.3, -0.25) is 4.98 Å². The fourth-order valence-electron chi connectivity index (χ4n) is 5.57. The van der Waals surface area contributed by atoms with Gasteiger partial charge in [-0.2, -0.15) is 0 Å². The SMILES string of the molecule is CCCCCCCCCCCC[C@H]1CO[C@H](c2ccc(-c3ccc(OCCCCCCCC)c(C)c3)nc2)OC1. The van der Waals surface area contributed by atoms with Gasteiger partial charge >= 0.3 is 0 Å². The van der Waals surface area contributed by atoms with Crippen LogP contribution in [0.25, 0.3) is 11.3 Å². The molecule has 0 N–H and O–H groups in total. The Kier molecular flexibility index (Phi) is 16.3. The zero-order valence-corrected chi connectivity index (χ0v) is 25.9. The minimum absolute atomic E-state index is 0.301. The second-order valence-corrected chi connectivity index (χ2v) is 11.9. The van der Waals surface area contributed by atoms with E-state index in [9.17, 15) is 0 Å². The summed E-state index contributed by atoms with van der Waals surface area (Å²) in [5, 5.41) is 0. The molecule has 1 aliphatic rings. The van der Waals surface area contributed by atoms with Gasteiger partial charge in [-0.15, -0.1) is 0 Å². The Morgan fingerprint density at radius 2 is 1.32 bits per heavy atom. The summed E-state index contributed by atoms with van der Waals surface area (Å²) in [5.74, 6) is 1.49. The van der Waals surface area contributed by atoms with Crippen LogP contribution in [0.15, 0.2) is 36.5 Å². The average Bonchev–Trinajstić information content (AvgIpc) is 2.99. The third-order valence-electron chi connectivity index (χ3n) is 8.22. The molecule has 2 aromatic rings. The quantitative estimate of drug-likeness (QED) is 0.145. The highest BCUT2D eigenvalue weighted by atomic mass is 16.7. The number of unbranched alkanes of at least 4 members (excludes halogenated alkanes) is 14. The van der Waals surface area contributed by atoms with Gasteiger partial charge in [-0.1, -0.05) is 116 Å². The van der Waals surface area contributed by atoms with Crippen LogP contribution in [0.3, 0.4) is 0 Å². The van der Waals surface area contributed by atoms with E-state index in [0.29, 0.717) is 5.92 Å². The first-order chi connectivity index (χ1) is 19.7. The number of pyridine rings is 1. The Balaban J connectivity index is 1.31. The van der Waals surface area contributed by atoms with E-state index in [0.717, 1.165) is 54.4 Å². The van der Waals surface area contributed by atoms with Crippen molar-refractivity contribution in [1.82, 2.24) is 4.98 Å². The van der Waals surface area contributed by atoms with Crippen LogP contribution in [0.2, 0.25) is 0 Å². The third kappa shape index (κ3) is 12.3. The van der Waals surface area contributed by atoms with E-state index in [1.807, 2.05) is 6.20 Å². The van der Waals surface area contributed by atoms with Crippen LogP contribution in [0.1, 0.15) is 140 Å². The lowest BCUT2D eigenvalue weighted by molar-refractivity contribution is -0.206. The average molecular weight is 552 g/mol. The number of nitrogens with zero attached hydrogens (tertiary/aromatic N) is 1. The molecule has 224 valence electrons. The zero-order valence-electron chi connectivity index (χ0n) is 25.9. The molecule has 40 heavy (non-hydrogen) atoms. The van der Waals surface area contributed by atoms with Crippen LogP contribution in [0.4, 0.5) is 0 Å². The van der Waals surface area contributed by atoms with Gasteiger partial charge in [-0.05, 0) is 49.6 Å². The van der Waals surface area contributed by atoms with Crippen molar-refractivity contribution in [3.63, 3.8) is 0 Å². The molecular formula is C36H57NO3. The van der Waals surface area contributed by atoms with E-state index < -0.39 is 0 Å². The van der Waals surface area contributed by atoms with Gasteiger partial charge in [0.05, 0.1) is 25.5 Å². The van der Waals surface area contributed by atoms with Gasteiger partial charge in [0, 0.05) is 23.2 Å². The van der Waals surface area contributed by atoms with Crippen molar-refractivity contribution in [3.05, 3.63) is 47.7 Å². The van der Waals surface area contributed by atoms with E-state index in [2.05, 4.69) is 51.1 Å². The van der Waals surface area contributed by atoms with Gasteiger partial charge in [0.2, 0.25) is 0 Å². The Morgan fingerprint density at radius 3 is 1.90 bits per heavy atom. The van der Waals surface area contributed by atoms with Crippen LogP contribution < -0.4 is 4.74 Å². The third-order valence-corrected chi connectivity index (χ3v) is 8.22. The van der Waals surface area contributed by atoms with Crippen LogP contribution in [-0.4, -0.2) is 24.8 Å². The molecule has 0 amide bonds. The van der Waals surface area contributed by atoms with E-state index in [1.165, 1.54) is 103 Å². The summed E-state index contributed by atoms with van der Waals surface area (Å²) in [6, 6.07) is 10.5. The van der Waals surface area contributed by atoms with Gasteiger partial charge in [0.1, 0.15) is 5.75 Å². The normalized spacial score (nSPS) is 17.3. The topological polar surface area (TPSA) is 40.6 Å². The first-order valence-electron chi connectivity index (χ1n) is 16.6. The van der Waals surface area contributed by atoms with Crippen molar-refractivity contribution in [3.8, 4) is 17.0 Å². The van der Waals surface area contributed by atoms with E-state index in [4.69, 9.17) is 19.2 Å². The van der Waals surface area contributed by atoms with Crippen molar-refractivity contribution in [2.45, 2.75) is 136 Å². The van der Waals surface area contributed by atoms with Crippen LogP contribution in [0, 0.1) is 12.8 Å². The predicted octanol–water partition coefficient (Wildman–Crippen LogP) is 10.8. The van der Waals surface area contributed by atoms with E-state index >= 15 is 0 Å². The smallest absolute Gasteiger partial charge is 0.185 e. The molecule has 0 radical (unpaired) electrons. The molecule has 0 unspecified atom stereocenters. The molecule has 0 saturated carbocycles. The highest BCUT2D eigenvalue weighted by Gasteiger charge is 2.23. The molecule has 3 rings (SSSR count). The molecule has 0 bridgehead atoms. The number of benzene rings is 1. The maximum absolute atomic E-state index is 6.09. The first kappa shape index (κ1) is 32.6. The number of aryl methyl sites for hydroxylation is 1. The minimum Gasteiger partial charge on any atom is -0.493 e. The number of aromatic nitrogens is 1. The van der Waals surface area contributed by atoms with Gasteiger partial charge in [0.15, 0.2) is 6.29 Å². The lowest BCUT2D eigenvalue weighted by Crippen LogP contribution is -2.27. The summed E-state index contributed by atoms with van der Waals surface area (Å²) in [4.78, 5) is 4.73. The summed E-state index contributed by atoms with van der Waals surface area (Å²) in [7, 11) is 0. The molecule has 1 fully saturated rings. The number of hydrogen-bond donors (Lipinski definition) is 0. The van der Waals surface area contributed by atoms with E-state index in [-0.39, 0.29) is 6.29 Å². The molecule has 1 saturated heterocycles. The molecule has 1 aromatic heterocycles. The Labute approximate surface area is 245 Å². The molecular weight excluding hydrogens is 494 g/mol. The molecule has 1 aromatic carbocycles. The second-order valence-electron chi connectivity index (χ2n) is 11.9. The van der Waals surface area contributed by atoms with Gasteiger partial charge in [0.25, 0.3) is 0 Å². The molecule has 4 nitrogen and oxygen atoms in total. The van der Waals surface area contributed by atoms with E-state index in [1.54, 1.807) is 0 Å². The predicted molar refractivity (Wildman–Crippen MR) is 168 cm³/mol. The van der Waals surface area contributed by atoms with Gasteiger partial charge < -0.3 is 14.2 Å². The minimum atomic E-state index is -0.301. The lowest BCUT2D eigenvalue weighted by Gasteiger charge is -2.29. The molecule has 2 heterocycles. The summed E-state index contributed by atoms with van der Waals surface area (Å²) >= 11 is 0. The maximum atomic E-state index is 6.09. The van der Waals surface area contributed by atoms with Crippen LogP contribution in [0.5, 0.6) is 5.75 Å². The zero-order chi connectivity index (χ0) is 28.3. The van der Waals surface area contributed by atoms with Crippen molar-refractivity contribution in [2.24, 2.45) is 5.92 Å². The summed E-state index contributed by atoms with van der Waals surface area (Å²) < 4.78 is 18.2. The number of hydrogen-bond acceptors (Lipinski definition) is 4. The molecule has 0 atom stereocenters. The Hall–Kier alpha value is -1.91. The Bertz CT molecular complexity index is 905. The number of rotatable bonds is 21. The summed E-state index contributed by atoms with van der Waals surface area (Å²) in [5.41, 5.74) is 4.22. The first-order valence-corrected chi connectivity index (χ1v) is 16.6.